The summed E-state index contributed by atoms with van der Waals surface area (Å²) in [7, 11) is 0. The quantitative estimate of drug-likeness (QED) is 0.845. The van der Waals surface area contributed by atoms with E-state index in [1.165, 1.54) is 0 Å². The van der Waals surface area contributed by atoms with Crippen LogP contribution in [0.1, 0.15) is 18.5 Å². The van der Waals surface area contributed by atoms with Crippen LogP contribution in [0.4, 0.5) is 4.39 Å². The van der Waals surface area contributed by atoms with Crippen LogP contribution in [0, 0.1) is 0 Å². The van der Waals surface area contributed by atoms with Gasteiger partial charge in [0.2, 0.25) is 0 Å². The third-order valence-corrected chi connectivity index (χ3v) is 1.75. The second-order valence-corrected chi connectivity index (χ2v) is 2.90. The van der Waals surface area contributed by atoms with Crippen molar-refractivity contribution >= 4 is 12.4 Å². The van der Waals surface area contributed by atoms with Crippen LogP contribution in [-0.4, -0.2) is 13.3 Å². The molecule has 0 unspecified atom stereocenters. The van der Waals surface area contributed by atoms with Crippen LogP contribution in [-0.2, 0) is 0 Å². The zero-order chi connectivity index (χ0) is 9.68. The van der Waals surface area contributed by atoms with Crippen molar-refractivity contribution in [3.05, 3.63) is 29.8 Å². The first-order valence-corrected chi connectivity index (χ1v) is 4.28. The van der Waals surface area contributed by atoms with Gasteiger partial charge in [-0.15, -0.1) is 12.4 Å². The van der Waals surface area contributed by atoms with E-state index in [2.05, 4.69) is 0 Å². The highest BCUT2D eigenvalue weighted by atomic mass is 35.5. The second-order valence-electron chi connectivity index (χ2n) is 2.90. The second kappa shape index (κ2) is 6.62. The number of rotatable bonds is 4. The van der Waals surface area contributed by atoms with E-state index in [1.807, 2.05) is 19.1 Å². The number of benzene rings is 1. The van der Waals surface area contributed by atoms with E-state index < -0.39 is 6.67 Å². The molecule has 1 aromatic carbocycles. The molecule has 80 valence electrons. The first kappa shape index (κ1) is 13.2. The van der Waals surface area contributed by atoms with Gasteiger partial charge in [0.05, 0.1) is 0 Å². The van der Waals surface area contributed by atoms with Gasteiger partial charge in [0.25, 0.3) is 0 Å². The van der Waals surface area contributed by atoms with Crippen molar-refractivity contribution in [3.8, 4) is 5.75 Å². The molecular formula is C10H15ClFNO. The van der Waals surface area contributed by atoms with Crippen molar-refractivity contribution in [2.45, 2.75) is 13.0 Å². The lowest BCUT2D eigenvalue weighted by Gasteiger charge is -2.07. The van der Waals surface area contributed by atoms with Crippen LogP contribution < -0.4 is 10.5 Å². The smallest absolute Gasteiger partial charge is 0.123 e. The summed E-state index contributed by atoms with van der Waals surface area (Å²) in [4.78, 5) is 0. The Bertz CT molecular complexity index is 251. The molecule has 0 fully saturated rings. The van der Waals surface area contributed by atoms with Crippen molar-refractivity contribution in [1.29, 1.82) is 0 Å². The molecule has 0 spiro atoms. The number of ether oxygens (including phenoxy) is 1. The monoisotopic (exact) mass is 219 g/mol. The van der Waals surface area contributed by atoms with Gasteiger partial charge in [-0.1, -0.05) is 12.1 Å². The molecule has 0 aromatic heterocycles. The predicted molar refractivity (Wildman–Crippen MR) is 57.8 cm³/mol. The summed E-state index contributed by atoms with van der Waals surface area (Å²) in [6, 6.07) is 7.40. The molecule has 0 heterocycles. The van der Waals surface area contributed by atoms with E-state index in [1.54, 1.807) is 12.1 Å². The van der Waals surface area contributed by atoms with Crippen LogP contribution in [0.2, 0.25) is 0 Å². The summed E-state index contributed by atoms with van der Waals surface area (Å²) in [5, 5.41) is 0. The topological polar surface area (TPSA) is 35.2 Å². The Balaban J connectivity index is 0.00000169. The molecule has 1 rings (SSSR count). The van der Waals surface area contributed by atoms with E-state index in [0.717, 1.165) is 5.56 Å². The SMILES string of the molecule is C[C@@H](N)c1ccc(OCCF)cc1.Cl. The van der Waals surface area contributed by atoms with Gasteiger partial charge in [-0.25, -0.2) is 4.39 Å². The molecule has 2 N–H and O–H groups in total. The minimum Gasteiger partial charge on any atom is -0.491 e. The number of halogens is 2. The average Bonchev–Trinajstić information content (AvgIpc) is 2.15. The number of hydrogen-bond acceptors (Lipinski definition) is 2. The summed E-state index contributed by atoms with van der Waals surface area (Å²) in [6.45, 7) is 1.56. The van der Waals surface area contributed by atoms with Gasteiger partial charge in [-0.05, 0) is 24.6 Å². The molecule has 0 saturated heterocycles. The molecule has 2 nitrogen and oxygen atoms in total. The Kier molecular flexibility index (Phi) is 6.25. The van der Waals surface area contributed by atoms with Gasteiger partial charge < -0.3 is 10.5 Å². The molecule has 0 amide bonds. The van der Waals surface area contributed by atoms with Gasteiger partial charge >= 0.3 is 0 Å². The Hall–Kier alpha value is -0.800. The molecule has 4 heteroatoms. The fraction of sp³-hybridized carbons (Fsp3) is 0.400. The molecule has 1 aromatic rings. The number of hydrogen-bond donors (Lipinski definition) is 1. The van der Waals surface area contributed by atoms with Crippen LogP contribution in [0.15, 0.2) is 24.3 Å². The maximum absolute atomic E-state index is 11.7. The summed E-state index contributed by atoms with van der Waals surface area (Å²) in [5.41, 5.74) is 6.71. The highest BCUT2D eigenvalue weighted by Gasteiger charge is 1.98. The molecule has 0 radical (unpaired) electrons. The zero-order valence-electron chi connectivity index (χ0n) is 8.07. The van der Waals surface area contributed by atoms with Crippen molar-refractivity contribution in [1.82, 2.24) is 0 Å². The van der Waals surface area contributed by atoms with Crippen molar-refractivity contribution in [3.63, 3.8) is 0 Å². The van der Waals surface area contributed by atoms with E-state index in [9.17, 15) is 4.39 Å². The van der Waals surface area contributed by atoms with Gasteiger partial charge in [0.1, 0.15) is 19.0 Å². The summed E-state index contributed by atoms with van der Waals surface area (Å²) in [5.74, 6) is 0.682. The third kappa shape index (κ3) is 3.94. The minimum absolute atomic E-state index is 0. The summed E-state index contributed by atoms with van der Waals surface area (Å²) < 4.78 is 16.8. The number of alkyl halides is 1. The van der Waals surface area contributed by atoms with E-state index in [-0.39, 0.29) is 25.1 Å². The lowest BCUT2D eigenvalue weighted by atomic mass is 10.1. The fourth-order valence-electron chi connectivity index (χ4n) is 1.02. The van der Waals surface area contributed by atoms with E-state index in [0.29, 0.717) is 5.75 Å². The molecule has 14 heavy (non-hydrogen) atoms. The summed E-state index contributed by atoms with van der Waals surface area (Å²) in [6.07, 6.45) is 0. The van der Waals surface area contributed by atoms with Crippen LogP contribution in [0.5, 0.6) is 5.75 Å². The van der Waals surface area contributed by atoms with Gasteiger partial charge in [-0.3, -0.25) is 0 Å². The molecular weight excluding hydrogens is 205 g/mol. The first-order chi connectivity index (χ1) is 6.24. The molecule has 0 aliphatic carbocycles. The van der Waals surface area contributed by atoms with Crippen molar-refractivity contribution in [2.75, 3.05) is 13.3 Å². The normalized spacial score (nSPS) is 11.6. The Morgan fingerprint density at radius 1 is 1.36 bits per heavy atom. The van der Waals surface area contributed by atoms with Gasteiger partial charge in [0.15, 0.2) is 0 Å². The Morgan fingerprint density at radius 2 is 1.93 bits per heavy atom. The average molecular weight is 220 g/mol. The van der Waals surface area contributed by atoms with Crippen LogP contribution in [0.3, 0.4) is 0 Å². The predicted octanol–water partition coefficient (Wildman–Crippen LogP) is 2.48. The lowest BCUT2D eigenvalue weighted by molar-refractivity contribution is 0.273. The highest BCUT2D eigenvalue weighted by Crippen LogP contribution is 2.15. The maximum Gasteiger partial charge on any atom is 0.123 e. The first-order valence-electron chi connectivity index (χ1n) is 4.28. The lowest BCUT2D eigenvalue weighted by Crippen LogP contribution is -2.04. The minimum atomic E-state index is -0.463. The molecule has 0 saturated carbocycles. The highest BCUT2D eigenvalue weighted by molar-refractivity contribution is 5.85. The largest absolute Gasteiger partial charge is 0.491 e. The van der Waals surface area contributed by atoms with Gasteiger partial charge in [0, 0.05) is 6.04 Å². The molecule has 0 bridgehead atoms. The van der Waals surface area contributed by atoms with E-state index in [4.69, 9.17) is 10.5 Å². The van der Waals surface area contributed by atoms with Crippen molar-refractivity contribution in [2.24, 2.45) is 5.73 Å². The fourth-order valence-corrected chi connectivity index (χ4v) is 1.02. The zero-order valence-corrected chi connectivity index (χ0v) is 8.89. The standard InChI is InChI=1S/C10H14FNO.ClH/c1-8(12)9-2-4-10(5-3-9)13-7-6-11;/h2-5,8H,6-7,12H2,1H3;1H/t8-;/m1./s1. The third-order valence-electron chi connectivity index (χ3n) is 1.75. The molecule has 0 aliphatic rings. The summed E-state index contributed by atoms with van der Waals surface area (Å²) >= 11 is 0. The van der Waals surface area contributed by atoms with Crippen molar-refractivity contribution < 1.29 is 9.13 Å². The van der Waals surface area contributed by atoms with Gasteiger partial charge in [-0.2, -0.15) is 0 Å². The molecule has 0 aliphatic heterocycles. The van der Waals surface area contributed by atoms with Crippen LogP contribution in [0.25, 0.3) is 0 Å². The molecule has 1 atom stereocenters. The Labute approximate surface area is 89.7 Å². The maximum atomic E-state index is 11.7. The Morgan fingerprint density at radius 3 is 2.36 bits per heavy atom. The van der Waals surface area contributed by atoms with Crippen LogP contribution >= 0.6 is 12.4 Å². The number of nitrogens with two attached hydrogens (primary N) is 1. The van der Waals surface area contributed by atoms with E-state index >= 15 is 0 Å².